The van der Waals surface area contributed by atoms with Crippen molar-refractivity contribution in [1.29, 1.82) is 0 Å². The molecule has 0 bridgehead atoms. The second-order valence-corrected chi connectivity index (χ2v) is 9.24. The van der Waals surface area contributed by atoms with Crippen molar-refractivity contribution < 1.29 is 13.3 Å². The van der Waals surface area contributed by atoms with E-state index in [2.05, 4.69) is 15.2 Å². The molecule has 3 rings (SSSR count). The van der Waals surface area contributed by atoms with Gasteiger partial charge in [-0.2, -0.15) is 5.10 Å². The fourth-order valence-corrected chi connectivity index (χ4v) is 4.52. The Balaban J connectivity index is 1.96. The van der Waals surface area contributed by atoms with Crippen molar-refractivity contribution in [2.75, 3.05) is 10.1 Å². The van der Waals surface area contributed by atoms with Gasteiger partial charge in [0.15, 0.2) is 0 Å². The van der Waals surface area contributed by atoms with Crippen LogP contribution in [0.5, 0.6) is 0 Å². The molecule has 9 heteroatoms. The van der Waals surface area contributed by atoms with E-state index in [-0.39, 0.29) is 16.3 Å². The summed E-state index contributed by atoms with van der Waals surface area (Å²) >= 11 is 0. The van der Waals surface area contributed by atoms with E-state index >= 15 is 0 Å². The van der Waals surface area contributed by atoms with E-state index in [0.29, 0.717) is 5.69 Å². The molecule has 0 spiro atoms. The van der Waals surface area contributed by atoms with Crippen LogP contribution in [0.1, 0.15) is 27.8 Å². The molecule has 0 aliphatic heterocycles. The first-order chi connectivity index (χ1) is 15.1. The van der Waals surface area contributed by atoms with Gasteiger partial charge < -0.3 is 0 Å². The molecule has 8 nitrogen and oxygen atoms in total. The van der Waals surface area contributed by atoms with Gasteiger partial charge in [-0.1, -0.05) is 41.5 Å². The zero-order valence-electron chi connectivity index (χ0n) is 18.2. The fourth-order valence-electron chi connectivity index (χ4n) is 3.21. The Kier molecular flexibility index (Phi) is 6.59. The summed E-state index contributed by atoms with van der Waals surface area (Å²) in [5.74, 6) is 0. The van der Waals surface area contributed by atoms with Gasteiger partial charge in [-0.3, -0.25) is 20.3 Å². The highest BCUT2D eigenvalue weighted by molar-refractivity contribution is 7.92. The third kappa shape index (κ3) is 5.30. The molecule has 3 aromatic carbocycles. The highest BCUT2D eigenvalue weighted by Gasteiger charge is 2.23. The second-order valence-electron chi connectivity index (χ2n) is 7.59. The summed E-state index contributed by atoms with van der Waals surface area (Å²) in [6.45, 7) is 7.63. The largest absolute Gasteiger partial charge is 0.279 e. The number of hydrogen-bond donors (Lipinski definition) is 2. The Morgan fingerprint density at radius 2 is 1.50 bits per heavy atom. The minimum absolute atomic E-state index is 0.119. The van der Waals surface area contributed by atoms with Crippen molar-refractivity contribution >= 4 is 33.3 Å². The van der Waals surface area contributed by atoms with Gasteiger partial charge in [-0.25, -0.2) is 8.42 Å². The number of hydrogen-bond acceptors (Lipinski definition) is 6. The molecule has 0 aliphatic rings. The standard InChI is InChI=1S/C23H24N4O4S/c1-15-5-7-19(17(3)11-15)14-24-25-22-10-8-20(27(28)29)13-23(22)32(30,31)26-21-9-6-16(2)12-18(21)4/h5-14,25-26H,1-4H3. The molecule has 0 saturated heterocycles. The molecule has 0 unspecified atom stereocenters. The molecule has 32 heavy (non-hydrogen) atoms. The molecule has 0 aromatic heterocycles. The number of sulfonamides is 1. The Bertz CT molecular complexity index is 1320. The van der Waals surface area contributed by atoms with E-state index in [1.807, 2.05) is 45.0 Å². The van der Waals surface area contributed by atoms with Crippen LogP contribution in [0.25, 0.3) is 0 Å². The number of aryl methyl sites for hydroxylation is 4. The van der Waals surface area contributed by atoms with Crippen LogP contribution in [-0.2, 0) is 10.0 Å². The normalized spacial score (nSPS) is 11.5. The van der Waals surface area contributed by atoms with Gasteiger partial charge in [0.1, 0.15) is 4.90 Å². The van der Waals surface area contributed by atoms with Crippen molar-refractivity contribution in [3.8, 4) is 0 Å². The molecule has 0 amide bonds. The first-order valence-electron chi connectivity index (χ1n) is 9.81. The van der Waals surface area contributed by atoms with Crippen molar-refractivity contribution in [2.45, 2.75) is 32.6 Å². The van der Waals surface area contributed by atoms with Crippen LogP contribution >= 0.6 is 0 Å². The van der Waals surface area contributed by atoms with E-state index in [1.165, 1.54) is 12.1 Å². The van der Waals surface area contributed by atoms with Crippen LogP contribution < -0.4 is 10.1 Å². The molecule has 2 N–H and O–H groups in total. The number of anilines is 2. The van der Waals surface area contributed by atoms with Gasteiger partial charge in [0.2, 0.25) is 0 Å². The van der Waals surface area contributed by atoms with Gasteiger partial charge in [0.05, 0.1) is 22.5 Å². The quantitative estimate of drug-likeness (QED) is 0.295. The molecule has 0 radical (unpaired) electrons. The summed E-state index contributed by atoms with van der Waals surface area (Å²) in [5, 5.41) is 15.4. The van der Waals surface area contributed by atoms with Crippen LogP contribution in [0.15, 0.2) is 64.6 Å². The van der Waals surface area contributed by atoms with Gasteiger partial charge in [-0.05, 0) is 56.5 Å². The minimum atomic E-state index is -4.14. The number of hydrazone groups is 1. The van der Waals surface area contributed by atoms with Crippen molar-refractivity contribution in [3.05, 3.63) is 92.5 Å². The monoisotopic (exact) mass is 452 g/mol. The van der Waals surface area contributed by atoms with Crippen LogP contribution in [-0.4, -0.2) is 19.6 Å². The second kappa shape index (κ2) is 9.19. The third-order valence-electron chi connectivity index (χ3n) is 4.91. The SMILES string of the molecule is Cc1ccc(C=NNc2ccc([N+](=O)[O-])cc2S(=O)(=O)Nc2ccc(C)cc2C)c(C)c1. The average Bonchev–Trinajstić information content (AvgIpc) is 2.71. The molecule has 0 heterocycles. The highest BCUT2D eigenvalue weighted by Crippen LogP contribution is 2.29. The predicted molar refractivity (Wildman–Crippen MR) is 127 cm³/mol. The van der Waals surface area contributed by atoms with Crippen molar-refractivity contribution in [1.82, 2.24) is 0 Å². The first-order valence-corrected chi connectivity index (χ1v) is 11.3. The molecular weight excluding hydrogens is 428 g/mol. The van der Waals surface area contributed by atoms with E-state index in [4.69, 9.17) is 0 Å². The molecule has 0 fully saturated rings. The number of nitrogens with zero attached hydrogens (tertiary/aromatic N) is 2. The minimum Gasteiger partial charge on any atom is -0.279 e. The number of non-ortho nitro benzene ring substituents is 1. The van der Waals surface area contributed by atoms with Crippen LogP contribution in [0.4, 0.5) is 17.1 Å². The summed E-state index contributed by atoms with van der Waals surface area (Å²) in [6, 6.07) is 14.7. The number of nitro groups is 1. The van der Waals surface area contributed by atoms with Gasteiger partial charge in [-0.15, -0.1) is 0 Å². The Morgan fingerprint density at radius 1 is 0.875 bits per heavy atom. The maximum atomic E-state index is 13.1. The Morgan fingerprint density at radius 3 is 2.12 bits per heavy atom. The number of rotatable bonds is 7. The summed E-state index contributed by atoms with van der Waals surface area (Å²) in [6.07, 6.45) is 1.57. The van der Waals surface area contributed by atoms with Crippen molar-refractivity contribution in [3.63, 3.8) is 0 Å². The first kappa shape index (κ1) is 23.0. The van der Waals surface area contributed by atoms with Gasteiger partial charge in [0.25, 0.3) is 15.7 Å². The fraction of sp³-hybridized carbons (Fsp3) is 0.174. The molecule has 0 aliphatic carbocycles. The lowest BCUT2D eigenvalue weighted by molar-refractivity contribution is -0.385. The lowest BCUT2D eigenvalue weighted by Crippen LogP contribution is -2.16. The highest BCUT2D eigenvalue weighted by atomic mass is 32.2. The Hall–Kier alpha value is -3.72. The topological polar surface area (TPSA) is 114 Å². The number of benzene rings is 3. The van der Waals surface area contributed by atoms with Crippen LogP contribution in [0.3, 0.4) is 0 Å². The lowest BCUT2D eigenvalue weighted by atomic mass is 10.1. The summed E-state index contributed by atoms with van der Waals surface area (Å²) in [7, 11) is -4.14. The number of nitrogens with one attached hydrogen (secondary N) is 2. The zero-order chi connectivity index (χ0) is 23.5. The molecule has 0 saturated carbocycles. The van der Waals surface area contributed by atoms with Crippen LogP contribution in [0, 0.1) is 37.8 Å². The van der Waals surface area contributed by atoms with E-state index < -0.39 is 14.9 Å². The van der Waals surface area contributed by atoms with Crippen LogP contribution in [0.2, 0.25) is 0 Å². The Labute approximate surface area is 187 Å². The average molecular weight is 453 g/mol. The van der Waals surface area contributed by atoms with E-state index in [0.717, 1.165) is 33.9 Å². The molecule has 3 aromatic rings. The molecule has 0 atom stereocenters. The van der Waals surface area contributed by atoms with Crippen molar-refractivity contribution in [2.24, 2.45) is 5.10 Å². The molecule has 166 valence electrons. The van der Waals surface area contributed by atoms with E-state index in [9.17, 15) is 18.5 Å². The van der Waals surface area contributed by atoms with E-state index in [1.54, 1.807) is 25.3 Å². The summed E-state index contributed by atoms with van der Waals surface area (Å²) < 4.78 is 28.8. The maximum Gasteiger partial charge on any atom is 0.270 e. The van der Waals surface area contributed by atoms with Gasteiger partial charge >= 0.3 is 0 Å². The summed E-state index contributed by atoms with van der Waals surface area (Å²) in [5.41, 5.74) is 7.62. The predicted octanol–water partition coefficient (Wildman–Crippen LogP) is 5.08. The smallest absolute Gasteiger partial charge is 0.270 e. The molecular formula is C23H24N4O4S. The summed E-state index contributed by atoms with van der Waals surface area (Å²) in [4.78, 5) is 10.3. The third-order valence-corrected chi connectivity index (χ3v) is 6.31. The number of nitro benzene ring substituents is 1. The zero-order valence-corrected chi connectivity index (χ0v) is 19.0. The lowest BCUT2D eigenvalue weighted by Gasteiger charge is -2.14. The maximum absolute atomic E-state index is 13.1. The van der Waals surface area contributed by atoms with Gasteiger partial charge in [0, 0.05) is 12.1 Å².